The summed E-state index contributed by atoms with van der Waals surface area (Å²) in [6.45, 7) is 1.59. The molecule has 3 aromatic heterocycles. The number of halogens is 1. The number of anilines is 1. The first-order valence-corrected chi connectivity index (χ1v) is 9.80. The molecule has 9 nitrogen and oxygen atoms in total. The van der Waals surface area contributed by atoms with E-state index in [1.807, 2.05) is 24.3 Å². The normalized spacial score (nSPS) is 11.3. The SMILES string of the molecule is Cc1noc(Cn2cnc3c4ccccc4n(CC(=O)Nc4cccc(F)c4)c3c2=O)n1. The number of aromatic nitrogens is 5. The number of nitrogens with zero attached hydrogens (tertiary/aromatic N) is 5. The Morgan fingerprint density at radius 3 is 2.81 bits per heavy atom. The molecule has 0 bridgehead atoms. The molecule has 0 aliphatic carbocycles. The van der Waals surface area contributed by atoms with Crippen LogP contribution in [0.2, 0.25) is 0 Å². The molecule has 5 rings (SSSR count). The van der Waals surface area contributed by atoms with Crippen LogP contribution in [-0.4, -0.2) is 30.2 Å². The van der Waals surface area contributed by atoms with Crippen LogP contribution in [-0.2, 0) is 17.9 Å². The molecular formula is C22H17FN6O3. The molecule has 32 heavy (non-hydrogen) atoms. The van der Waals surface area contributed by atoms with E-state index in [0.717, 1.165) is 5.39 Å². The Balaban J connectivity index is 1.58. The zero-order valence-electron chi connectivity index (χ0n) is 16.9. The van der Waals surface area contributed by atoms with Crippen LogP contribution in [0.1, 0.15) is 11.7 Å². The third-order valence-corrected chi connectivity index (χ3v) is 5.02. The van der Waals surface area contributed by atoms with Gasteiger partial charge in [0.05, 0.1) is 11.8 Å². The molecule has 3 heterocycles. The summed E-state index contributed by atoms with van der Waals surface area (Å²) >= 11 is 0. The van der Waals surface area contributed by atoms with Crippen LogP contribution in [0, 0.1) is 12.7 Å². The molecule has 0 unspecified atom stereocenters. The van der Waals surface area contributed by atoms with Gasteiger partial charge in [0.1, 0.15) is 29.9 Å². The van der Waals surface area contributed by atoms with Gasteiger partial charge in [0.15, 0.2) is 5.82 Å². The summed E-state index contributed by atoms with van der Waals surface area (Å²) in [5.74, 6) is -0.119. The Morgan fingerprint density at radius 1 is 1.19 bits per heavy atom. The van der Waals surface area contributed by atoms with E-state index in [2.05, 4.69) is 20.4 Å². The lowest BCUT2D eigenvalue weighted by atomic mass is 10.2. The van der Waals surface area contributed by atoms with Crippen molar-refractivity contribution in [2.45, 2.75) is 20.0 Å². The fourth-order valence-corrected chi connectivity index (χ4v) is 3.69. The summed E-state index contributed by atoms with van der Waals surface area (Å²) in [5.41, 5.74) is 1.44. The molecule has 1 amide bonds. The summed E-state index contributed by atoms with van der Waals surface area (Å²) in [4.78, 5) is 34.7. The van der Waals surface area contributed by atoms with Crippen molar-refractivity contribution < 1.29 is 13.7 Å². The first-order chi connectivity index (χ1) is 15.5. The van der Waals surface area contributed by atoms with Crippen molar-refractivity contribution in [1.29, 1.82) is 0 Å². The van der Waals surface area contributed by atoms with Crippen LogP contribution >= 0.6 is 0 Å². The lowest BCUT2D eigenvalue weighted by Crippen LogP contribution is -2.25. The highest BCUT2D eigenvalue weighted by Gasteiger charge is 2.19. The monoisotopic (exact) mass is 432 g/mol. The minimum absolute atomic E-state index is 0.0552. The largest absolute Gasteiger partial charge is 0.337 e. The van der Waals surface area contributed by atoms with E-state index in [-0.39, 0.29) is 30.1 Å². The van der Waals surface area contributed by atoms with Gasteiger partial charge in [0, 0.05) is 11.1 Å². The number of fused-ring (bicyclic) bond motifs is 3. The molecule has 10 heteroatoms. The molecule has 0 radical (unpaired) electrons. The highest BCUT2D eigenvalue weighted by molar-refractivity contribution is 6.06. The third kappa shape index (κ3) is 3.51. The van der Waals surface area contributed by atoms with E-state index in [1.165, 1.54) is 29.1 Å². The molecule has 0 fully saturated rings. The predicted molar refractivity (Wildman–Crippen MR) is 115 cm³/mol. The molecule has 0 spiro atoms. The van der Waals surface area contributed by atoms with Crippen molar-refractivity contribution in [2.75, 3.05) is 5.32 Å². The number of amides is 1. The number of hydrogen-bond acceptors (Lipinski definition) is 6. The number of carbonyl (C=O) groups excluding carboxylic acids is 1. The van der Waals surface area contributed by atoms with E-state index in [9.17, 15) is 14.0 Å². The Hall–Kier alpha value is -4.34. The van der Waals surface area contributed by atoms with Crippen LogP contribution in [0.25, 0.3) is 21.9 Å². The number of carbonyl (C=O) groups is 1. The second-order valence-corrected chi connectivity index (χ2v) is 7.27. The molecule has 160 valence electrons. The molecule has 0 aliphatic rings. The fourth-order valence-electron chi connectivity index (χ4n) is 3.69. The minimum atomic E-state index is -0.456. The molecule has 2 aromatic carbocycles. The average molecular weight is 432 g/mol. The van der Waals surface area contributed by atoms with Crippen molar-refractivity contribution in [1.82, 2.24) is 24.3 Å². The van der Waals surface area contributed by atoms with E-state index in [1.54, 1.807) is 17.6 Å². The molecule has 0 saturated carbocycles. The standard InChI is InChI=1S/C22H17FN6O3/c1-13-25-19(32-27-13)11-28-12-24-20-16-7-2-3-8-17(16)29(21(20)22(28)31)10-18(30)26-15-6-4-5-14(23)9-15/h2-9,12H,10-11H2,1H3,(H,26,30). The highest BCUT2D eigenvalue weighted by Crippen LogP contribution is 2.25. The molecular weight excluding hydrogens is 415 g/mol. The smallest absolute Gasteiger partial charge is 0.278 e. The van der Waals surface area contributed by atoms with Gasteiger partial charge < -0.3 is 14.4 Å². The second kappa shape index (κ2) is 7.73. The summed E-state index contributed by atoms with van der Waals surface area (Å²) < 4.78 is 21.5. The van der Waals surface area contributed by atoms with Gasteiger partial charge in [-0.25, -0.2) is 9.37 Å². The third-order valence-electron chi connectivity index (χ3n) is 5.02. The van der Waals surface area contributed by atoms with Gasteiger partial charge in [-0.15, -0.1) is 0 Å². The number of para-hydroxylation sites is 1. The number of nitrogens with one attached hydrogen (secondary N) is 1. The average Bonchev–Trinajstić information content (AvgIpc) is 3.32. The van der Waals surface area contributed by atoms with E-state index < -0.39 is 11.7 Å². The molecule has 0 aliphatic heterocycles. The van der Waals surface area contributed by atoms with E-state index >= 15 is 0 Å². The van der Waals surface area contributed by atoms with Gasteiger partial charge in [-0.2, -0.15) is 4.98 Å². The van der Waals surface area contributed by atoms with Crippen LogP contribution < -0.4 is 10.9 Å². The van der Waals surface area contributed by atoms with E-state index in [4.69, 9.17) is 4.52 Å². The maximum absolute atomic E-state index is 13.5. The molecule has 0 saturated heterocycles. The summed E-state index contributed by atoms with van der Waals surface area (Å²) in [6.07, 6.45) is 1.42. The molecule has 1 N–H and O–H groups in total. The quantitative estimate of drug-likeness (QED) is 0.458. The van der Waals surface area contributed by atoms with Crippen molar-refractivity contribution >= 4 is 33.5 Å². The van der Waals surface area contributed by atoms with Crippen LogP contribution in [0.3, 0.4) is 0 Å². The number of benzene rings is 2. The number of aryl methyl sites for hydroxylation is 1. The zero-order valence-corrected chi connectivity index (χ0v) is 16.9. The van der Waals surface area contributed by atoms with Gasteiger partial charge in [-0.05, 0) is 31.2 Å². The van der Waals surface area contributed by atoms with E-state index in [0.29, 0.717) is 22.5 Å². The maximum Gasteiger partial charge on any atom is 0.278 e. The van der Waals surface area contributed by atoms with Crippen LogP contribution in [0.4, 0.5) is 10.1 Å². The van der Waals surface area contributed by atoms with Crippen molar-refractivity contribution in [3.63, 3.8) is 0 Å². The van der Waals surface area contributed by atoms with Crippen LogP contribution in [0.15, 0.2) is 64.2 Å². The van der Waals surface area contributed by atoms with Gasteiger partial charge >= 0.3 is 0 Å². The lowest BCUT2D eigenvalue weighted by Gasteiger charge is -2.09. The first kappa shape index (κ1) is 19.6. The summed E-state index contributed by atoms with van der Waals surface area (Å²) in [6, 6.07) is 12.9. The lowest BCUT2D eigenvalue weighted by molar-refractivity contribution is -0.116. The van der Waals surface area contributed by atoms with Gasteiger partial charge in [-0.3, -0.25) is 14.2 Å². The van der Waals surface area contributed by atoms with Gasteiger partial charge in [-0.1, -0.05) is 29.4 Å². The number of rotatable bonds is 5. The predicted octanol–water partition coefficient (Wildman–Crippen LogP) is 2.87. The topological polar surface area (TPSA) is 108 Å². The Labute approximate surface area is 180 Å². The Morgan fingerprint density at radius 2 is 2.03 bits per heavy atom. The minimum Gasteiger partial charge on any atom is -0.337 e. The van der Waals surface area contributed by atoms with Gasteiger partial charge in [0.2, 0.25) is 11.8 Å². The maximum atomic E-state index is 13.5. The molecule has 0 atom stereocenters. The highest BCUT2D eigenvalue weighted by atomic mass is 19.1. The van der Waals surface area contributed by atoms with Gasteiger partial charge in [0.25, 0.3) is 5.56 Å². The van der Waals surface area contributed by atoms with Crippen LogP contribution in [0.5, 0.6) is 0 Å². The first-order valence-electron chi connectivity index (χ1n) is 9.80. The van der Waals surface area contributed by atoms with Crippen molar-refractivity contribution in [3.05, 3.63) is 82.7 Å². The Bertz CT molecular complexity index is 1530. The summed E-state index contributed by atoms with van der Waals surface area (Å²) in [5, 5.41) is 7.15. The molecule has 5 aromatic rings. The van der Waals surface area contributed by atoms with Crippen molar-refractivity contribution in [3.8, 4) is 0 Å². The summed E-state index contributed by atoms with van der Waals surface area (Å²) in [7, 11) is 0. The van der Waals surface area contributed by atoms with Crippen molar-refractivity contribution in [2.24, 2.45) is 0 Å². The fraction of sp³-hybridized carbons (Fsp3) is 0.136. The second-order valence-electron chi connectivity index (χ2n) is 7.27. The number of hydrogen-bond donors (Lipinski definition) is 1. The Kier molecular flexibility index (Phi) is 4.74. The zero-order chi connectivity index (χ0) is 22.2.